The number of hydrogen-bond donors (Lipinski definition) is 0. The maximum absolute atomic E-state index is 11.8. The molecule has 0 radical (unpaired) electrons. The van der Waals surface area contributed by atoms with Crippen molar-refractivity contribution in [3.05, 3.63) is 48.0 Å². The molecule has 1 saturated heterocycles. The number of benzene rings is 2. The van der Waals surface area contributed by atoms with E-state index >= 15 is 0 Å². The fourth-order valence-corrected chi connectivity index (χ4v) is 3.94. The van der Waals surface area contributed by atoms with Gasteiger partial charge in [0.05, 0.1) is 29.9 Å². The molecule has 0 spiro atoms. The van der Waals surface area contributed by atoms with Gasteiger partial charge in [0.25, 0.3) is 0 Å². The van der Waals surface area contributed by atoms with E-state index in [1.54, 1.807) is 4.90 Å². The summed E-state index contributed by atoms with van der Waals surface area (Å²) in [5, 5.41) is 10.8. The molecule has 0 N–H and O–H groups in total. The van der Waals surface area contributed by atoms with Crippen molar-refractivity contribution in [1.82, 2.24) is 4.57 Å². The number of carbonyl (C=O) groups excluding carboxylic acids is 1. The normalized spacial score (nSPS) is 13.5. The third kappa shape index (κ3) is 3.57. The van der Waals surface area contributed by atoms with Crippen molar-refractivity contribution in [1.29, 1.82) is 5.26 Å². The number of carbonyl (C=O) groups is 1. The van der Waals surface area contributed by atoms with Gasteiger partial charge in [0.1, 0.15) is 18.4 Å². The van der Waals surface area contributed by atoms with Crippen LogP contribution in [-0.4, -0.2) is 36.3 Å². The van der Waals surface area contributed by atoms with Crippen LogP contribution in [0, 0.1) is 11.3 Å². The summed E-state index contributed by atoms with van der Waals surface area (Å²) in [6, 6.07) is 15.9. The van der Waals surface area contributed by atoms with Crippen LogP contribution in [0.15, 0.2) is 42.5 Å². The number of anilines is 1. The first-order chi connectivity index (χ1) is 14.7. The van der Waals surface area contributed by atoms with Crippen molar-refractivity contribution >= 4 is 34.3 Å². The third-order valence-corrected chi connectivity index (χ3v) is 5.49. The molecular weight excluding hydrogens is 402 g/mol. The van der Waals surface area contributed by atoms with Crippen LogP contribution in [0.1, 0.15) is 18.9 Å². The van der Waals surface area contributed by atoms with Crippen molar-refractivity contribution in [3.8, 4) is 23.1 Å². The first kappa shape index (κ1) is 20.1. The largest absolute Gasteiger partial charge is 0.493 e. The Hall–Kier alpha value is -3.17. The summed E-state index contributed by atoms with van der Waals surface area (Å²) < 4.78 is 12.9. The predicted octanol–water partition coefficient (Wildman–Crippen LogP) is 5.16. The first-order valence-corrected chi connectivity index (χ1v) is 10.5. The average molecular weight is 424 g/mol. The fraction of sp³-hybridized carbons (Fsp3) is 0.304. The number of aryl methyl sites for hydroxylation is 1. The molecule has 2 heterocycles. The number of amides is 1. The van der Waals surface area contributed by atoms with Gasteiger partial charge in [-0.25, -0.2) is 4.79 Å². The highest BCUT2D eigenvalue weighted by molar-refractivity contribution is 6.17. The lowest BCUT2D eigenvalue weighted by Crippen LogP contribution is -2.23. The quantitative estimate of drug-likeness (QED) is 0.388. The molecule has 1 fully saturated rings. The molecule has 2 aromatic carbocycles. The molecule has 1 aliphatic heterocycles. The SMILES string of the molecule is CCn1c(-c2ccc(N3CCOC3=O)cc2)c(C#N)c2ccc(OCCCCl)cc21. The van der Waals surface area contributed by atoms with Gasteiger partial charge in [-0.1, -0.05) is 12.1 Å². The zero-order valence-corrected chi connectivity index (χ0v) is 17.5. The summed E-state index contributed by atoms with van der Waals surface area (Å²) in [6.07, 6.45) is 0.449. The molecule has 7 heteroatoms. The van der Waals surface area contributed by atoms with Gasteiger partial charge in [0.15, 0.2) is 0 Å². The third-order valence-electron chi connectivity index (χ3n) is 5.22. The highest BCUT2D eigenvalue weighted by atomic mass is 35.5. The molecule has 3 aromatic rings. The monoisotopic (exact) mass is 423 g/mol. The van der Waals surface area contributed by atoms with Crippen LogP contribution in [0.3, 0.4) is 0 Å². The van der Waals surface area contributed by atoms with Gasteiger partial charge >= 0.3 is 6.09 Å². The summed E-state index contributed by atoms with van der Waals surface area (Å²) in [6.45, 7) is 4.26. The number of ether oxygens (including phenoxy) is 2. The molecular formula is C23H22ClN3O3. The summed E-state index contributed by atoms with van der Waals surface area (Å²) in [4.78, 5) is 13.4. The molecule has 4 rings (SSSR count). The first-order valence-electron chi connectivity index (χ1n) is 9.97. The summed E-state index contributed by atoms with van der Waals surface area (Å²) in [7, 11) is 0. The lowest BCUT2D eigenvalue weighted by molar-refractivity contribution is 0.181. The van der Waals surface area contributed by atoms with E-state index in [0.29, 0.717) is 37.7 Å². The zero-order chi connectivity index (χ0) is 21.1. The Bertz CT molecular complexity index is 1120. The zero-order valence-electron chi connectivity index (χ0n) is 16.7. The Morgan fingerprint density at radius 2 is 2.03 bits per heavy atom. The molecule has 0 saturated carbocycles. The van der Waals surface area contributed by atoms with Crippen molar-refractivity contribution in [3.63, 3.8) is 0 Å². The molecule has 154 valence electrons. The van der Waals surface area contributed by atoms with Crippen LogP contribution in [-0.2, 0) is 11.3 Å². The Kier molecular flexibility index (Phi) is 5.82. The van der Waals surface area contributed by atoms with Crippen molar-refractivity contribution < 1.29 is 14.3 Å². The molecule has 30 heavy (non-hydrogen) atoms. The van der Waals surface area contributed by atoms with E-state index in [4.69, 9.17) is 21.1 Å². The summed E-state index contributed by atoms with van der Waals surface area (Å²) in [5.41, 5.74) is 4.16. The van der Waals surface area contributed by atoms with Gasteiger partial charge in [0.2, 0.25) is 0 Å². The van der Waals surface area contributed by atoms with Gasteiger partial charge in [-0.05, 0) is 43.2 Å². The summed E-state index contributed by atoms with van der Waals surface area (Å²) >= 11 is 5.73. The number of hydrogen-bond acceptors (Lipinski definition) is 4. The van der Waals surface area contributed by atoms with Gasteiger partial charge in [-0.2, -0.15) is 5.26 Å². The Labute approximate surface area is 180 Å². The summed E-state index contributed by atoms with van der Waals surface area (Å²) in [5.74, 6) is 1.32. The smallest absolute Gasteiger partial charge is 0.414 e. The Balaban J connectivity index is 1.76. The minimum absolute atomic E-state index is 0.329. The molecule has 0 unspecified atom stereocenters. The van der Waals surface area contributed by atoms with E-state index < -0.39 is 0 Å². The van der Waals surface area contributed by atoms with Gasteiger partial charge < -0.3 is 14.0 Å². The van der Waals surface area contributed by atoms with Crippen molar-refractivity contribution in [2.45, 2.75) is 19.9 Å². The van der Waals surface area contributed by atoms with E-state index in [-0.39, 0.29) is 6.09 Å². The Morgan fingerprint density at radius 3 is 2.67 bits per heavy atom. The highest BCUT2D eigenvalue weighted by Crippen LogP contribution is 2.36. The van der Waals surface area contributed by atoms with Crippen LogP contribution >= 0.6 is 11.6 Å². The number of alkyl halides is 1. The number of rotatable bonds is 7. The predicted molar refractivity (Wildman–Crippen MR) is 117 cm³/mol. The minimum atomic E-state index is -0.329. The van der Waals surface area contributed by atoms with E-state index in [2.05, 4.69) is 17.6 Å². The number of cyclic esters (lactones) is 1. The number of fused-ring (bicyclic) bond motifs is 1. The molecule has 1 amide bonds. The molecule has 6 nitrogen and oxygen atoms in total. The second kappa shape index (κ2) is 8.68. The Morgan fingerprint density at radius 1 is 1.23 bits per heavy atom. The topological polar surface area (TPSA) is 67.5 Å². The van der Waals surface area contributed by atoms with Crippen LogP contribution in [0.25, 0.3) is 22.2 Å². The van der Waals surface area contributed by atoms with Crippen molar-refractivity contribution in [2.24, 2.45) is 0 Å². The fourth-order valence-electron chi connectivity index (χ4n) is 3.83. The van der Waals surface area contributed by atoms with Gasteiger partial charge in [0, 0.05) is 29.6 Å². The molecule has 0 atom stereocenters. The second-order valence-electron chi connectivity index (χ2n) is 6.96. The number of nitriles is 1. The van der Waals surface area contributed by atoms with E-state index in [9.17, 15) is 10.1 Å². The van der Waals surface area contributed by atoms with Crippen LogP contribution in [0.2, 0.25) is 0 Å². The maximum atomic E-state index is 11.8. The molecule has 1 aromatic heterocycles. The van der Waals surface area contributed by atoms with Gasteiger partial charge in [-0.3, -0.25) is 4.90 Å². The lowest BCUT2D eigenvalue weighted by Gasteiger charge is -2.14. The number of halogens is 1. The van der Waals surface area contributed by atoms with Crippen molar-refractivity contribution in [2.75, 3.05) is 30.5 Å². The van der Waals surface area contributed by atoms with E-state index in [1.807, 2.05) is 42.5 Å². The second-order valence-corrected chi connectivity index (χ2v) is 7.34. The average Bonchev–Trinajstić information content (AvgIpc) is 3.34. The maximum Gasteiger partial charge on any atom is 0.414 e. The molecule has 0 aliphatic carbocycles. The van der Waals surface area contributed by atoms with Crippen LogP contribution in [0.5, 0.6) is 5.75 Å². The van der Waals surface area contributed by atoms with Crippen LogP contribution in [0.4, 0.5) is 10.5 Å². The molecule has 0 bridgehead atoms. The standard InChI is InChI=1S/C23H22ClN3O3/c1-2-26-21-14-18(29-12-3-10-24)8-9-19(21)20(15-25)22(26)16-4-6-17(7-5-16)27-11-13-30-23(27)28/h4-9,14H,2-3,10-13H2,1H3. The lowest BCUT2D eigenvalue weighted by atomic mass is 10.1. The number of aromatic nitrogens is 1. The van der Waals surface area contributed by atoms with Crippen LogP contribution < -0.4 is 9.64 Å². The van der Waals surface area contributed by atoms with E-state index in [1.165, 1.54) is 0 Å². The van der Waals surface area contributed by atoms with E-state index in [0.717, 1.165) is 40.0 Å². The molecule has 1 aliphatic rings. The number of nitrogens with zero attached hydrogens (tertiary/aromatic N) is 3. The van der Waals surface area contributed by atoms with Gasteiger partial charge in [-0.15, -0.1) is 11.6 Å². The highest BCUT2D eigenvalue weighted by Gasteiger charge is 2.24. The minimum Gasteiger partial charge on any atom is -0.493 e.